The summed E-state index contributed by atoms with van der Waals surface area (Å²) in [5.74, 6) is 0.874. The fourth-order valence-electron chi connectivity index (χ4n) is 2.59. The average molecular weight is 422 g/mol. The molecule has 3 N–H and O–H groups in total. The molecule has 0 saturated heterocycles. The van der Waals surface area contributed by atoms with Gasteiger partial charge in [0.15, 0.2) is 5.11 Å². The molecule has 0 aliphatic heterocycles. The van der Waals surface area contributed by atoms with E-state index in [9.17, 15) is 4.79 Å². The summed E-state index contributed by atoms with van der Waals surface area (Å²) in [4.78, 5) is 12.5. The third kappa shape index (κ3) is 6.49. The third-order valence-electron chi connectivity index (χ3n) is 4.08. The standard InChI is InChI=1S/C23H23N3O3S/c1-17-11-13-18(14-12-17)24-23(30)26-25-22(27)20-9-5-6-10-21(20)29-16-15-28-19-7-3-2-4-8-19/h2-14H,15-16H2,1H3,(H,25,27)(H2,24,26,30). The van der Waals surface area contributed by atoms with E-state index in [4.69, 9.17) is 21.7 Å². The van der Waals surface area contributed by atoms with Crippen LogP contribution in [0.2, 0.25) is 0 Å². The first-order valence-corrected chi connectivity index (χ1v) is 9.86. The van der Waals surface area contributed by atoms with Crippen LogP contribution in [-0.4, -0.2) is 24.2 Å². The van der Waals surface area contributed by atoms with Crippen LogP contribution in [0.1, 0.15) is 15.9 Å². The molecule has 6 nitrogen and oxygen atoms in total. The predicted molar refractivity (Wildman–Crippen MR) is 122 cm³/mol. The quantitative estimate of drug-likeness (QED) is 0.303. The molecule has 0 aliphatic rings. The van der Waals surface area contributed by atoms with Crippen molar-refractivity contribution in [3.63, 3.8) is 0 Å². The normalized spacial score (nSPS) is 10.0. The van der Waals surface area contributed by atoms with Gasteiger partial charge in [-0.3, -0.25) is 15.6 Å². The van der Waals surface area contributed by atoms with Crippen molar-refractivity contribution in [2.75, 3.05) is 18.5 Å². The summed E-state index contributed by atoms with van der Waals surface area (Å²) in [6.45, 7) is 2.68. The van der Waals surface area contributed by atoms with Crippen molar-refractivity contribution in [1.82, 2.24) is 10.9 Å². The summed E-state index contributed by atoms with van der Waals surface area (Å²) in [6, 6.07) is 24.2. The smallest absolute Gasteiger partial charge is 0.273 e. The lowest BCUT2D eigenvalue weighted by Crippen LogP contribution is -2.43. The zero-order chi connectivity index (χ0) is 21.2. The van der Waals surface area contributed by atoms with Gasteiger partial charge in [-0.2, -0.15) is 0 Å². The average Bonchev–Trinajstić information content (AvgIpc) is 2.78. The fraction of sp³-hybridized carbons (Fsp3) is 0.130. The van der Waals surface area contributed by atoms with Gasteiger partial charge in [-0.25, -0.2) is 0 Å². The SMILES string of the molecule is Cc1ccc(NC(=S)NNC(=O)c2ccccc2OCCOc2ccccc2)cc1. The molecule has 0 spiro atoms. The Kier molecular flexibility index (Phi) is 7.63. The van der Waals surface area contributed by atoms with Crippen LogP contribution in [0.4, 0.5) is 5.69 Å². The Hall–Kier alpha value is -3.58. The van der Waals surface area contributed by atoms with E-state index in [1.165, 1.54) is 0 Å². The van der Waals surface area contributed by atoms with Crippen LogP contribution in [0.3, 0.4) is 0 Å². The number of carbonyl (C=O) groups is 1. The van der Waals surface area contributed by atoms with Gasteiger partial charge in [-0.15, -0.1) is 0 Å². The molecule has 0 fully saturated rings. The van der Waals surface area contributed by atoms with Gasteiger partial charge in [0.05, 0.1) is 5.56 Å². The van der Waals surface area contributed by atoms with E-state index in [2.05, 4.69) is 16.2 Å². The molecule has 154 valence electrons. The summed E-state index contributed by atoms with van der Waals surface area (Å²) >= 11 is 5.22. The molecule has 3 rings (SSSR count). The maximum absolute atomic E-state index is 12.5. The number of hydrogen-bond donors (Lipinski definition) is 3. The van der Waals surface area contributed by atoms with Crippen LogP contribution >= 0.6 is 12.2 Å². The monoisotopic (exact) mass is 421 g/mol. The highest BCUT2D eigenvalue weighted by Crippen LogP contribution is 2.18. The van der Waals surface area contributed by atoms with E-state index in [1.54, 1.807) is 24.3 Å². The van der Waals surface area contributed by atoms with E-state index in [0.29, 0.717) is 24.5 Å². The maximum Gasteiger partial charge on any atom is 0.273 e. The minimum Gasteiger partial charge on any atom is -0.490 e. The van der Waals surface area contributed by atoms with Gasteiger partial charge < -0.3 is 14.8 Å². The number of aryl methyl sites for hydroxylation is 1. The van der Waals surface area contributed by atoms with Crippen LogP contribution < -0.4 is 25.6 Å². The first-order chi connectivity index (χ1) is 14.6. The maximum atomic E-state index is 12.5. The Balaban J connectivity index is 1.48. The molecule has 3 aromatic carbocycles. The zero-order valence-electron chi connectivity index (χ0n) is 16.6. The molecule has 0 heterocycles. The summed E-state index contributed by atoms with van der Waals surface area (Å²) in [5, 5.41) is 3.29. The highest BCUT2D eigenvalue weighted by Gasteiger charge is 2.12. The van der Waals surface area contributed by atoms with Crippen molar-refractivity contribution in [3.8, 4) is 11.5 Å². The Morgan fingerprint density at radius 2 is 1.50 bits per heavy atom. The minimum atomic E-state index is -0.359. The highest BCUT2D eigenvalue weighted by molar-refractivity contribution is 7.80. The molecule has 0 atom stereocenters. The van der Waals surface area contributed by atoms with Crippen LogP contribution in [0, 0.1) is 6.92 Å². The van der Waals surface area contributed by atoms with Gasteiger partial charge in [-0.1, -0.05) is 48.0 Å². The first kappa shape index (κ1) is 21.1. The second-order valence-electron chi connectivity index (χ2n) is 6.41. The number of nitrogens with one attached hydrogen (secondary N) is 3. The van der Waals surface area contributed by atoms with Gasteiger partial charge in [0.25, 0.3) is 5.91 Å². The lowest BCUT2D eigenvalue weighted by molar-refractivity contribution is 0.0939. The summed E-state index contributed by atoms with van der Waals surface area (Å²) < 4.78 is 11.3. The van der Waals surface area contributed by atoms with E-state index >= 15 is 0 Å². The van der Waals surface area contributed by atoms with Crippen LogP contribution in [0.25, 0.3) is 0 Å². The molecular weight excluding hydrogens is 398 g/mol. The Bertz CT molecular complexity index is 978. The van der Waals surface area contributed by atoms with E-state index in [0.717, 1.165) is 17.0 Å². The number of carbonyl (C=O) groups excluding carboxylic acids is 1. The molecule has 0 radical (unpaired) electrons. The van der Waals surface area contributed by atoms with Crippen LogP contribution in [-0.2, 0) is 0 Å². The molecule has 0 aliphatic carbocycles. The van der Waals surface area contributed by atoms with Crippen molar-refractivity contribution in [3.05, 3.63) is 90.0 Å². The Morgan fingerprint density at radius 1 is 0.833 bits per heavy atom. The largest absolute Gasteiger partial charge is 0.490 e. The highest BCUT2D eigenvalue weighted by atomic mass is 32.1. The fourth-order valence-corrected chi connectivity index (χ4v) is 2.76. The van der Waals surface area contributed by atoms with E-state index in [-0.39, 0.29) is 11.0 Å². The van der Waals surface area contributed by atoms with E-state index in [1.807, 2.05) is 61.5 Å². The van der Waals surface area contributed by atoms with Gasteiger partial charge in [0, 0.05) is 5.69 Å². The first-order valence-electron chi connectivity index (χ1n) is 9.45. The molecular formula is C23H23N3O3S. The number of thiocarbonyl (C=S) groups is 1. The van der Waals surface area contributed by atoms with Gasteiger partial charge in [-0.05, 0) is 55.5 Å². The number of amides is 1. The second kappa shape index (κ2) is 10.8. The Morgan fingerprint density at radius 3 is 2.27 bits per heavy atom. The number of anilines is 1. The molecule has 0 saturated carbocycles. The molecule has 1 amide bonds. The van der Waals surface area contributed by atoms with E-state index < -0.39 is 0 Å². The lowest BCUT2D eigenvalue weighted by atomic mass is 10.2. The van der Waals surface area contributed by atoms with Gasteiger partial charge in [0.1, 0.15) is 24.7 Å². The van der Waals surface area contributed by atoms with Crippen molar-refractivity contribution in [2.24, 2.45) is 0 Å². The number of rotatable bonds is 7. The lowest BCUT2D eigenvalue weighted by Gasteiger charge is -2.14. The summed E-state index contributed by atoms with van der Waals surface area (Å²) in [6.07, 6.45) is 0. The van der Waals surface area contributed by atoms with Crippen molar-refractivity contribution in [2.45, 2.75) is 6.92 Å². The summed E-state index contributed by atoms with van der Waals surface area (Å²) in [5.41, 5.74) is 7.65. The van der Waals surface area contributed by atoms with Crippen molar-refractivity contribution < 1.29 is 14.3 Å². The molecule has 0 unspecified atom stereocenters. The zero-order valence-corrected chi connectivity index (χ0v) is 17.4. The molecule has 3 aromatic rings. The third-order valence-corrected chi connectivity index (χ3v) is 4.29. The van der Waals surface area contributed by atoms with Crippen LogP contribution in [0.5, 0.6) is 11.5 Å². The molecule has 30 heavy (non-hydrogen) atoms. The van der Waals surface area contributed by atoms with Crippen molar-refractivity contribution in [1.29, 1.82) is 0 Å². The number of hydrazine groups is 1. The Labute approximate surface area is 181 Å². The topological polar surface area (TPSA) is 71.6 Å². The van der Waals surface area contributed by atoms with Crippen LogP contribution in [0.15, 0.2) is 78.9 Å². The summed E-state index contributed by atoms with van der Waals surface area (Å²) in [7, 11) is 0. The second-order valence-corrected chi connectivity index (χ2v) is 6.81. The number of ether oxygens (including phenoxy) is 2. The van der Waals surface area contributed by atoms with Gasteiger partial charge in [0.2, 0.25) is 0 Å². The molecule has 0 aromatic heterocycles. The number of para-hydroxylation sites is 2. The van der Waals surface area contributed by atoms with Crippen molar-refractivity contribution >= 4 is 28.9 Å². The van der Waals surface area contributed by atoms with Gasteiger partial charge >= 0.3 is 0 Å². The number of benzene rings is 3. The molecule has 0 bridgehead atoms. The predicted octanol–water partition coefficient (Wildman–Crippen LogP) is 4.08. The minimum absolute atomic E-state index is 0.280. The number of hydrogen-bond acceptors (Lipinski definition) is 4. The molecule has 7 heteroatoms.